The molecule has 4 aromatic rings. The molecule has 0 spiro atoms. The van der Waals surface area contributed by atoms with Crippen molar-refractivity contribution in [2.24, 2.45) is 0 Å². The molecule has 7 nitrogen and oxygen atoms in total. The molecule has 0 unspecified atom stereocenters. The molecule has 8 heteroatoms. The average molecular weight is 462 g/mol. The zero-order valence-electron chi connectivity index (χ0n) is 18.3. The van der Waals surface area contributed by atoms with Crippen LogP contribution in [-0.2, 0) is 6.61 Å². The second-order valence-corrected chi connectivity index (χ2v) is 8.49. The van der Waals surface area contributed by atoms with Crippen LogP contribution >= 0.6 is 11.6 Å². The molecule has 3 aromatic heterocycles. The molecule has 168 valence electrons. The van der Waals surface area contributed by atoms with Crippen molar-refractivity contribution in [1.29, 1.82) is 0 Å². The Labute approximate surface area is 197 Å². The number of amides is 1. The number of pyridine rings is 2. The van der Waals surface area contributed by atoms with Crippen LogP contribution in [0.5, 0.6) is 5.75 Å². The highest BCUT2D eigenvalue weighted by Gasteiger charge is 2.25. The van der Waals surface area contributed by atoms with Gasteiger partial charge in [-0.15, -0.1) is 0 Å². The van der Waals surface area contributed by atoms with E-state index >= 15 is 0 Å². The minimum atomic E-state index is -0.0276. The van der Waals surface area contributed by atoms with E-state index in [4.69, 9.17) is 16.3 Å². The van der Waals surface area contributed by atoms with Crippen molar-refractivity contribution in [3.8, 4) is 5.75 Å². The third-order valence-corrected chi connectivity index (χ3v) is 6.05. The summed E-state index contributed by atoms with van der Waals surface area (Å²) in [5.74, 6) is 1.41. The molecule has 1 aromatic carbocycles. The first-order valence-electron chi connectivity index (χ1n) is 10.9. The Kier molecular flexibility index (Phi) is 5.88. The molecule has 0 aliphatic carbocycles. The SMILES string of the molecule is Cc1cccn2cc(COc3ccccc3C(=O)N3CCN(c4ccc(Cl)cn4)CC3)nc12. The van der Waals surface area contributed by atoms with Crippen LogP contribution in [0.1, 0.15) is 21.6 Å². The summed E-state index contributed by atoms with van der Waals surface area (Å²) in [4.78, 5) is 26.3. The molecule has 5 rings (SSSR count). The summed E-state index contributed by atoms with van der Waals surface area (Å²) in [6.07, 6.45) is 5.57. The number of fused-ring (bicyclic) bond motifs is 1. The number of imidazole rings is 1. The number of carbonyl (C=O) groups is 1. The molecule has 0 saturated carbocycles. The molecule has 1 aliphatic rings. The fourth-order valence-corrected chi connectivity index (χ4v) is 4.17. The van der Waals surface area contributed by atoms with Crippen LogP contribution in [0.3, 0.4) is 0 Å². The third-order valence-electron chi connectivity index (χ3n) is 5.82. The van der Waals surface area contributed by atoms with Crippen molar-refractivity contribution in [3.63, 3.8) is 0 Å². The van der Waals surface area contributed by atoms with E-state index in [-0.39, 0.29) is 5.91 Å². The summed E-state index contributed by atoms with van der Waals surface area (Å²) in [7, 11) is 0. The zero-order chi connectivity index (χ0) is 22.8. The number of para-hydroxylation sites is 1. The van der Waals surface area contributed by atoms with Crippen molar-refractivity contribution in [1.82, 2.24) is 19.3 Å². The lowest BCUT2D eigenvalue weighted by Crippen LogP contribution is -2.49. The highest BCUT2D eigenvalue weighted by atomic mass is 35.5. The third kappa shape index (κ3) is 4.50. The molecule has 0 radical (unpaired) electrons. The molecule has 1 amide bonds. The van der Waals surface area contributed by atoms with Gasteiger partial charge < -0.3 is 18.9 Å². The first kappa shape index (κ1) is 21.3. The van der Waals surface area contributed by atoms with Gasteiger partial charge in [0.1, 0.15) is 23.8 Å². The molecule has 1 fully saturated rings. The van der Waals surface area contributed by atoms with Crippen molar-refractivity contribution < 1.29 is 9.53 Å². The summed E-state index contributed by atoms with van der Waals surface area (Å²) < 4.78 is 8.04. The number of aromatic nitrogens is 3. The van der Waals surface area contributed by atoms with E-state index < -0.39 is 0 Å². The van der Waals surface area contributed by atoms with Crippen LogP contribution in [0, 0.1) is 6.92 Å². The van der Waals surface area contributed by atoms with Crippen molar-refractivity contribution in [3.05, 3.63) is 89.0 Å². The first-order chi connectivity index (χ1) is 16.1. The topological polar surface area (TPSA) is 63.0 Å². The second-order valence-electron chi connectivity index (χ2n) is 8.05. The standard InChI is InChI=1S/C25H24ClN5O2/c1-18-5-4-10-31-16-20(28-24(18)31)17-33-22-7-3-2-6-21(22)25(32)30-13-11-29(12-14-30)23-9-8-19(26)15-27-23/h2-10,15-16H,11-14,17H2,1H3. The van der Waals surface area contributed by atoms with Crippen molar-refractivity contribution in [2.75, 3.05) is 31.1 Å². The number of aryl methyl sites for hydroxylation is 1. The zero-order valence-corrected chi connectivity index (χ0v) is 19.1. The number of rotatable bonds is 5. The number of ether oxygens (including phenoxy) is 1. The van der Waals surface area contributed by atoms with Gasteiger partial charge in [-0.3, -0.25) is 4.79 Å². The van der Waals surface area contributed by atoms with E-state index in [9.17, 15) is 4.79 Å². The molecule has 1 saturated heterocycles. The molecule has 0 bridgehead atoms. The molecule has 0 atom stereocenters. The van der Waals surface area contributed by atoms with Gasteiger partial charge in [0.05, 0.1) is 16.3 Å². The predicted molar refractivity (Wildman–Crippen MR) is 128 cm³/mol. The summed E-state index contributed by atoms with van der Waals surface area (Å²) in [5.41, 5.74) is 3.40. The fraction of sp³-hybridized carbons (Fsp3) is 0.240. The van der Waals surface area contributed by atoms with E-state index in [1.807, 2.05) is 77.1 Å². The Morgan fingerprint density at radius 1 is 1.06 bits per heavy atom. The summed E-state index contributed by atoms with van der Waals surface area (Å²) in [5, 5.41) is 0.614. The second kappa shape index (κ2) is 9.11. The van der Waals surface area contributed by atoms with Gasteiger partial charge in [-0.1, -0.05) is 29.8 Å². The summed E-state index contributed by atoms with van der Waals surface area (Å²) in [6, 6.07) is 15.2. The Morgan fingerprint density at radius 3 is 2.64 bits per heavy atom. The Balaban J connectivity index is 1.26. The maximum Gasteiger partial charge on any atom is 0.257 e. The van der Waals surface area contributed by atoms with Gasteiger partial charge in [0.15, 0.2) is 0 Å². The summed E-state index contributed by atoms with van der Waals surface area (Å²) in [6.45, 7) is 4.98. The van der Waals surface area contributed by atoms with E-state index in [2.05, 4.69) is 14.9 Å². The maximum absolute atomic E-state index is 13.3. The minimum Gasteiger partial charge on any atom is -0.486 e. The summed E-state index contributed by atoms with van der Waals surface area (Å²) >= 11 is 5.94. The fourth-order valence-electron chi connectivity index (χ4n) is 4.06. The number of benzene rings is 1. The maximum atomic E-state index is 13.3. The molecule has 4 heterocycles. The number of halogens is 1. The van der Waals surface area contributed by atoms with Crippen molar-refractivity contribution >= 4 is 29.0 Å². The Morgan fingerprint density at radius 2 is 1.88 bits per heavy atom. The van der Waals surface area contributed by atoms with Crippen LogP contribution in [0.4, 0.5) is 5.82 Å². The van der Waals surface area contributed by atoms with Gasteiger partial charge >= 0.3 is 0 Å². The normalized spacial score (nSPS) is 14.0. The van der Waals surface area contributed by atoms with Crippen LogP contribution in [0.2, 0.25) is 5.02 Å². The van der Waals surface area contributed by atoms with Gasteiger partial charge in [0, 0.05) is 44.8 Å². The van der Waals surface area contributed by atoms with E-state index in [1.54, 1.807) is 6.20 Å². The monoisotopic (exact) mass is 461 g/mol. The lowest BCUT2D eigenvalue weighted by molar-refractivity contribution is 0.0741. The Bertz CT molecular complexity index is 1280. The lowest BCUT2D eigenvalue weighted by atomic mass is 10.1. The lowest BCUT2D eigenvalue weighted by Gasteiger charge is -2.35. The van der Waals surface area contributed by atoms with Gasteiger partial charge in [-0.05, 0) is 42.8 Å². The van der Waals surface area contributed by atoms with E-state index in [1.165, 1.54) is 0 Å². The molecule has 33 heavy (non-hydrogen) atoms. The number of carbonyl (C=O) groups excluding carboxylic acids is 1. The predicted octanol–water partition coefficient (Wildman–Crippen LogP) is 4.23. The highest BCUT2D eigenvalue weighted by molar-refractivity contribution is 6.30. The van der Waals surface area contributed by atoms with Crippen LogP contribution in [0.15, 0.2) is 67.1 Å². The molecule has 1 aliphatic heterocycles. The van der Waals surface area contributed by atoms with Crippen molar-refractivity contribution in [2.45, 2.75) is 13.5 Å². The van der Waals surface area contributed by atoms with Gasteiger partial charge in [0.25, 0.3) is 5.91 Å². The number of hydrogen-bond acceptors (Lipinski definition) is 5. The quantitative estimate of drug-likeness (QED) is 0.445. The highest BCUT2D eigenvalue weighted by Crippen LogP contribution is 2.23. The van der Waals surface area contributed by atoms with E-state index in [0.717, 1.165) is 22.7 Å². The number of nitrogens with zero attached hydrogens (tertiary/aromatic N) is 5. The van der Waals surface area contributed by atoms with Gasteiger partial charge in [0.2, 0.25) is 0 Å². The van der Waals surface area contributed by atoms with Gasteiger partial charge in [-0.2, -0.15) is 0 Å². The molecule has 0 N–H and O–H groups in total. The number of anilines is 1. The van der Waals surface area contributed by atoms with E-state index in [0.29, 0.717) is 49.1 Å². The minimum absolute atomic E-state index is 0.0276. The number of piperazine rings is 1. The molecular formula is C25H24ClN5O2. The largest absolute Gasteiger partial charge is 0.486 e. The van der Waals surface area contributed by atoms with Crippen LogP contribution in [0.25, 0.3) is 5.65 Å². The average Bonchev–Trinajstić information content (AvgIpc) is 3.28. The molecular weight excluding hydrogens is 438 g/mol. The van der Waals surface area contributed by atoms with Crippen LogP contribution in [-0.4, -0.2) is 51.4 Å². The first-order valence-corrected chi connectivity index (χ1v) is 11.3. The van der Waals surface area contributed by atoms with Gasteiger partial charge in [-0.25, -0.2) is 9.97 Å². The number of hydrogen-bond donors (Lipinski definition) is 0. The smallest absolute Gasteiger partial charge is 0.257 e. The van der Waals surface area contributed by atoms with Crippen LogP contribution < -0.4 is 9.64 Å². The Hall–Kier alpha value is -3.58.